The van der Waals surface area contributed by atoms with Crippen LogP contribution in [-0.4, -0.2) is 110 Å². The van der Waals surface area contributed by atoms with Gasteiger partial charge in [-0.25, -0.2) is 9.59 Å². The van der Waals surface area contributed by atoms with Crippen molar-refractivity contribution < 1.29 is 76.1 Å². The van der Waals surface area contributed by atoms with Gasteiger partial charge in [-0.05, 0) is 77.2 Å². The van der Waals surface area contributed by atoms with E-state index >= 15 is 0 Å². The summed E-state index contributed by atoms with van der Waals surface area (Å²) in [6.45, 7) is 1.34. The Hall–Kier alpha value is -8.13. The van der Waals surface area contributed by atoms with Gasteiger partial charge in [0.2, 0.25) is 6.29 Å². The molecular weight excluding hydrogens is 1030 g/mol. The lowest BCUT2D eigenvalue weighted by Crippen LogP contribution is -2.66. The lowest BCUT2D eigenvalue weighted by Gasteiger charge is -2.49. The molecule has 0 radical (unpaired) electrons. The van der Waals surface area contributed by atoms with E-state index < -0.39 is 98.4 Å². The molecule has 8 rings (SSSR count). The molecule has 2 saturated heterocycles. The van der Waals surface area contributed by atoms with Crippen LogP contribution in [0.4, 0.5) is 0 Å². The first-order valence-electron chi connectivity index (χ1n) is 26.2. The first-order chi connectivity index (χ1) is 38.9. The quantitative estimate of drug-likeness (QED) is 0.0161. The summed E-state index contributed by atoms with van der Waals surface area (Å²) in [7, 11) is 0. The van der Waals surface area contributed by atoms with E-state index in [2.05, 4.69) is 10.0 Å². The van der Waals surface area contributed by atoms with Crippen LogP contribution in [0.15, 0.2) is 169 Å². The first kappa shape index (κ1) is 58.0. The Balaban J connectivity index is 1.22. The van der Waals surface area contributed by atoms with Crippen LogP contribution >= 0.6 is 0 Å². The summed E-state index contributed by atoms with van der Waals surface area (Å²) in [5.41, 5.74) is 12.9. The van der Waals surface area contributed by atoms with Gasteiger partial charge in [0.05, 0.1) is 43.8 Å². The molecule has 0 saturated carbocycles. The van der Waals surface area contributed by atoms with Crippen molar-refractivity contribution in [3.63, 3.8) is 0 Å². The minimum Gasteiger partial charge on any atom is -0.463 e. The Morgan fingerprint density at radius 2 is 0.975 bits per heavy atom. The van der Waals surface area contributed by atoms with Crippen LogP contribution < -0.4 is 0 Å². The van der Waals surface area contributed by atoms with E-state index in [1.807, 2.05) is 72.8 Å². The molecule has 1 unspecified atom stereocenters. The van der Waals surface area contributed by atoms with Crippen molar-refractivity contribution >= 4 is 46.2 Å². The number of ketones is 2. The van der Waals surface area contributed by atoms with Crippen LogP contribution in [0.5, 0.6) is 0 Å². The summed E-state index contributed by atoms with van der Waals surface area (Å²) < 4.78 is 64.4. The fraction of sp³-hybridized carbons (Fsp3) is 0.344. The molecule has 2 aliphatic heterocycles. The number of esters is 4. The molecule has 416 valence electrons. The number of hydrogen-bond acceptors (Lipinski definition) is 17. The van der Waals surface area contributed by atoms with Crippen LogP contribution in [0.2, 0.25) is 0 Å². The van der Waals surface area contributed by atoms with E-state index in [1.54, 1.807) is 78.9 Å². The third kappa shape index (κ3) is 16.5. The van der Waals surface area contributed by atoms with Gasteiger partial charge in [0, 0.05) is 17.8 Å². The monoisotopic (exact) mass is 1090 g/mol. The van der Waals surface area contributed by atoms with Crippen molar-refractivity contribution in [3.05, 3.63) is 202 Å². The zero-order chi connectivity index (χ0) is 56.2. The molecule has 0 N–H and O–H groups in total. The molecule has 19 heteroatoms. The number of fused-ring (bicyclic) bond motifs is 1. The lowest BCUT2D eigenvalue weighted by molar-refractivity contribution is -0.349. The number of Topliss-reactive ketones (excluding diaryl/α,β-unsaturated/α-hetero) is 2. The Labute approximate surface area is 461 Å². The number of hydrogen-bond donors (Lipinski definition) is 0. The van der Waals surface area contributed by atoms with Crippen LogP contribution in [0.3, 0.4) is 0 Å². The van der Waals surface area contributed by atoms with Crippen LogP contribution in [0.1, 0.15) is 76.9 Å². The maximum atomic E-state index is 14.2. The van der Waals surface area contributed by atoms with Crippen molar-refractivity contribution in [1.82, 2.24) is 0 Å². The summed E-state index contributed by atoms with van der Waals surface area (Å²) in [6.07, 6.45) is -14.3. The van der Waals surface area contributed by atoms with E-state index in [0.29, 0.717) is 5.56 Å². The Kier molecular flexibility index (Phi) is 21.2. The molecule has 0 spiro atoms. The van der Waals surface area contributed by atoms with Crippen molar-refractivity contribution in [2.75, 3.05) is 13.2 Å². The molecule has 2 aliphatic rings. The second kappa shape index (κ2) is 29.2. The minimum absolute atomic E-state index is 0.00831. The van der Waals surface area contributed by atoms with Crippen LogP contribution in [0, 0.1) is 0 Å². The highest BCUT2D eigenvalue weighted by Gasteiger charge is 2.56. The molecule has 10 atom stereocenters. The molecule has 0 bridgehead atoms. The van der Waals surface area contributed by atoms with Gasteiger partial charge < -0.3 is 57.0 Å². The average molecular weight is 1090 g/mol. The number of azide groups is 1. The Morgan fingerprint density at radius 3 is 1.59 bits per heavy atom. The minimum atomic E-state index is -1.79. The maximum Gasteiger partial charge on any atom is 0.338 e. The summed E-state index contributed by atoms with van der Waals surface area (Å²) >= 11 is 0. The van der Waals surface area contributed by atoms with Crippen molar-refractivity contribution in [1.29, 1.82) is 0 Å². The van der Waals surface area contributed by atoms with Gasteiger partial charge in [-0.1, -0.05) is 139 Å². The predicted octanol–water partition coefficient (Wildman–Crippen LogP) is 9.32. The number of carbonyl (C=O) groups is 6. The normalized spacial score (nSPS) is 22.5. The third-order valence-electron chi connectivity index (χ3n) is 13.2. The highest BCUT2D eigenvalue weighted by Crippen LogP contribution is 2.37. The fourth-order valence-corrected chi connectivity index (χ4v) is 9.08. The molecule has 6 aromatic carbocycles. The summed E-state index contributed by atoms with van der Waals surface area (Å²) in [4.78, 5) is 82.1. The summed E-state index contributed by atoms with van der Waals surface area (Å²) in [5.74, 6) is -3.82. The number of benzene rings is 6. The second-order valence-corrected chi connectivity index (χ2v) is 19.1. The van der Waals surface area contributed by atoms with Gasteiger partial charge in [0.25, 0.3) is 0 Å². The molecule has 0 amide bonds. The van der Waals surface area contributed by atoms with Crippen LogP contribution in [0.25, 0.3) is 21.2 Å². The predicted molar refractivity (Wildman–Crippen MR) is 287 cm³/mol. The Morgan fingerprint density at radius 1 is 0.475 bits per heavy atom. The lowest BCUT2D eigenvalue weighted by atomic mass is 9.95. The number of rotatable bonds is 26. The highest BCUT2D eigenvalue weighted by atomic mass is 16.8. The first-order valence-corrected chi connectivity index (χ1v) is 26.2. The molecule has 80 heavy (non-hydrogen) atoms. The van der Waals surface area contributed by atoms with E-state index in [1.165, 1.54) is 26.0 Å². The zero-order valence-corrected chi connectivity index (χ0v) is 44.1. The molecule has 0 aliphatic carbocycles. The number of ether oxygens (including phenoxy) is 10. The molecule has 2 fully saturated rings. The molecule has 19 nitrogen and oxygen atoms in total. The van der Waals surface area contributed by atoms with Gasteiger partial charge in [-0.15, -0.1) is 0 Å². The second-order valence-electron chi connectivity index (χ2n) is 19.1. The smallest absolute Gasteiger partial charge is 0.338 e. The fourth-order valence-electron chi connectivity index (χ4n) is 9.08. The molecule has 0 aromatic heterocycles. The van der Waals surface area contributed by atoms with E-state index in [0.717, 1.165) is 21.9 Å². The van der Waals surface area contributed by atoms with Gasteiger partial charge >= 0.3 is 23.9 Å². The summed E-state index contributed by atoms with van der Waals surface area (Å²) in [6, 6.07) is 46.6. The zero-order valence-electron chi connectivity index (χ0n) is 44.1. The van der Waals surface area contributed by atoms with Gasteiger partial charge in [0.15, 0.2) is 12.4 Å². The third-order valence-corrected chi connectivity index (χ3v) is 13.2. The maximum absolute atomic E-state index is 14.2. The van der Waals surface area contributed by atoms with E-state index in [9.17, 15) is 34.3 Å². The van der Waals surface area contributed by atoms with E-state index in [4.69, 9.17) is 47.4 Å². The van der Waals surface area contributed by atoms with Crippen LogP contribution in [-0.2, 0) is 86.4 Å². The number of carbonyl (C=O) groups excluding carboxylic acids is 6. The largest absolute Gasteiger partial charge is 0.463 e. The SMILES string of the molecule is CC(=O)CCC(=O)OC[C@@H]1OC(OC(=O)CCC(C)=O)[C@H](OC(=O)c2ccccc2)[C@@H](OCc2ccccc2)[C@@H]1O[C@H]1O[C@H](COC(=O)c2ccccc2)[C@@H](OCc2ccc3ccccc3c2)[C@H](OCc2ccccc2)[C@H]1N=[N+]=[N-]. The van der Waals surface area contributed by atoms with Gasteiger partial charge in [-0.3, -0.25) is 9.59 Å². The van der Waals surface area contributed by atoms with Gasteiger partial charge in [0.1, 0.15) is 67.4 Å². The van der Waals surface area contributed by atoms with Gasteiger partial charge in [-0.2, -0.15) is 0 Å². The topological polar surface area (TPSA) is 243 Å². The average Bonchev–Trinajstić information content (AvgIpc) is 3.48. The molecular formula is C61H61N3O16. The van der Waals surface area contributed by atoms with Crippen molar-refractivity contribution in [2.45, 2.75) is 121 Å². The van der Waals surface area contributed by atoms with E-state index in [-0.39, 0.29) is 68.2 Å². The Bertz CT molecular complexity index is 3070. The van der Waals surface area contributed by atoms with Crippen molar-refractivity contribution in [3.8, 4) is 0 Å². The standard InChI is InChI=1S/C61H61N3O16/c1-39(65)27-31-50(67)71-37-49-54(56(74-35-42-19-9-4-10-20-42)57(79-59(70)46-24-13-6-14-25-46)61(77-49)78-51(68)32-28-40(2)66)80-60-52(63-64-62)55(73-34-41-17-7-3-8-18-41)53(48(76-60)38-75-58(69)45-22-11-5-12-23-45)72-36-43-29-30-44-21-15-16-26-47(44)33-43/h3-26,29-30,33,48-49,52-57,60-61H,27-28,31-32,34-38H2,1-2H3/t48-,49+,52-,53-,54-,55-,56+,57-,60-,61?/m1/s1. The molecule has 2 heterocycles. The molecule has 6 aromatic rings. The summed E-state index contributed by atoms with van der Waals surface area (Å²) in [5, 5.41) is 6.20. The van der Waals surface area contributed by atoms with Crippen molar-refractivity contribution in [2.24, 2.45) is 5.11 Å². The highest BCUT2D eigenvalue weighted by molar-refractivity contribution is 5.90. The number of nitrogens with zero attached hydrogens (tertiary/aromatic N) is 3.